The number of fused-ring (bicyclic) bond motifs is 1. The molecule has 18 heavy (non-hydrogen) atoms. The van der Waals surface area contributed by atoms with E-state index in [1.54, 1.807) is 4.68 Å². The van der Waals surface area contributed by atoms with Crippen molar-refractivity contribution in [2.75, 3.05) is 0 Å². The molecule has 0 saturated heterocycles. The number of hydrogen-bond acceptors (Lipinski definition) is 4. The Hall–Kier alpha value is -2.41. The van der Waals surface area contributed by atoms with Crippen LogP contribution in [-0.2, 0) is 10.3 Å². The number of para-hydroxylation sites is 1. The molecule has 0 amide bonds. The molecule has 0 fully saturated rings. The summed E-state index contributed by atoms with van der Waals surface area (Å²) in [6.45, 7) is 0. The molecule has 0 aliphatic heterocycles. The second-order valence-electron chi connectivity index (χ2n) is 3.60. The summed E-state index contributed by atoms with van der Waals surface area (Å²) in [4.78, 5) is 6.73. The van der Waals surface area contributed by atoms with Gasteiger partial charge in [0.05, 0.1) is 23.6 Å². The first-order valence-corrected chi connectivity index (χ1v) is 6.24. The fourth-order valence-electron chi connectivity index (χ4n) is 1.75. The monoisotopic (exact) mass is 260 g/mol. The minimum atomic E-state index is -2.35. The van der Waals surface area contributed by atoms with Crippen molar-refractivity contribution >= 4 is 21.3 Å². The smallest absolute Gasteiger partial charge is 0.239 e. The largest absolute Gasteiger partial charge is 0.333 e. The summed E-state index contributed by atoms with van der Waals surface area (Å²) >= 11 is 0. The molecule has 0 bridgehead atoms. The van der Waals surface area contributed by atoms with Crippen LogP contribution in [0.5, 0.6) is 0 Å². The predicted molar refractivity (Wildman–Crippen MR) is 65.4 cm³/mol. The van der Waals surface area contributed by atoms with Gasteiger partial charge < -0.3 is 4.98 Å². The van der Waals surface area contributed by atoms with E-state index in [0.29, 0.717) is 11.0 Å². The Morgan fingerprint density at radius 2 is 1.94 bits per heavy atom. The summed E-state index contributed by atoms with van der Waals surface area (Å²) in [6, 6.07) is 9.40. The highest BCUT2D eigenvalue weighted by molar-refractivity contribution is 7.64. The second kappa shape index (κ2) is 4.11. The predicted octanol–water partition coefficient (Wildman–Crippen LogP) is 1.16. The van der Waals surface area contributed by atoms with Gasteiger partial charge in [-0.25, -0.2) is 9.67 Å². The quantitative estimate of drug-likeness (QED) is 0.666. The molecule has 0 unspecified atom stereocenters. The van der Waals surface area contributed by atoms with Crippen molar-refractivity contribution in [3.05, 3.63) is 47.5 Å². The average molecular weight is 260 g/mol. The Bertz CT molecular complexity index is 870. The molecule has 1 aromatic carbocycles. The maximum Gasteiger partial charge on any atom is 0.239 e. The molecule has 2 heterocycles. The number of H-pyrrole nitrogens is 1. The third-order valence-electron chi connectivity index (χ3n) is 2.54. The van der Waals surface area contributed by atoms with E-state index in [1.807, 2.05) is 30.3 Å². The standard InChI is InChI=1S/C11H8N4O2S/c16-18(17)11-9-6-14-15(10(9)12-7-13-11)8-4-2-1-3-5-8/h1-7H,(H,12,13). The van der Waals surface area contributed by atoms with E-state index in [9.17, 15) is 8.42 Å². The van der Waals surface area contributed by atoms with E-state index < -0.39 is 10.3 Å². The van der Waals surface area contributed by atoms with Gasteiger partial charge in [-0.15, -0.1) is 0 Å². The van der Waals surface area contributed by atoms with Crippen molar-refractivity contribution in [2.45, 2.75) is 0 Å². The molecule has 7 heteroatoms. The van der Waals surface area contributed by atoms with Gasteiger partial charge in [-0.2, -0.15) is 13.5 Å². The van der Waals surface area contributed by atoms with Crippen LogP contribution < -0.4 is 0 Å². The average Bonchev–Trinajstić information content (AvgIpc) is 2.83. The number of aromatic amines is 1. The first-order chi connectivity index (χ1) is 8.77. The summed E-state index contributed by atoms with van der Waals surface area (Å²) in [7, 11) is -2.35. The zero-order valence-corrected chi connectivity index (χ0v) is 9.92. The number of nitrogens with one attached hydrogen (secondary N) is 1. The minimum absolute atomic E-state index is 0.0854. The van der Waals surface area contributed by atoms with Crippen LogP contribution in [0.25, 0.3) is 16.7 Å². The van der Waals surface area contributed by atoms with Crippen molar-refractivity contribution in [3.63, 3.8) is 0 Å². The van der Waals surface area contributed by atoms with E-state index in [1.165, 1.54) is 12.5 Å². The normalized spacial score (nSPS) is 10.7. The first-order valence-electron chi connectivity index (χ1n) is 5.16. The molecule has 2 aromatic heterocycles. The van der Waals surface area contributed by atoms with Crippen LogP contribution in [0.1, 0.15) is 0 Å². The Labute approximate surface area is 103 Å². The van der Waals surface area contributed by atoms with Crippen LogP contribution in [0, 0.1) is 4.64 Å². The van der Waals surface area contributed by atoms with Crippen molar-refractivity contribution in [1.29, 1.82) is 0 Å². The summed E-state index contributed by atoms with van der Waals surface area (Å²) in [5, 5.41) is 4.64. The Morgan fingerprint density at radius 1 is 1.17 bits per heavy atom. The van der Waals surface area contributed by atoms with Crippen molar-refractivity contribution in [3.8, 4) is 5.69 Å². The van der Waals surface area contributed by atoms with Crippen molar-refractivity contribution < 1.29 is 8.42 Å². The Morgan fingerprint density at radius 3 is 2.67 bits per heavy atom. The summed E-state index contributed by atoms with van der Waals surface area (Å²) in [5.74, 6) is 0. The van der Waals surface area contributed by atoms with Crippen LogP contribution in [0.15, 0.2) is 42.9 Å². The van der Waals surface area contributed by atoms with Gasteiger partial charge in [-0.3, -0.25) is 0 Å². The van der Waals surface area contributed by atoms with Crippen LogP contribution in [0.4, 0.5) is 0 Å². The fourth-order valence-corrected chi connectivity index (χ4v) is 2.22. The van der Waals surface area contributed by atoms with E-state index in [-0.39, 0.29) is 4.64 Å². The molecule has 0 radical (unpaired) electrons. The third kappa shape index (κ3) is 1.61. The van der Waals surface area contributed by atoms with Gasteiger partial charge in [0.2, 0.25) is 10.3 Å². The molecule has 0 aliphatic rings. The molecule has 6 nitrogen and oxygen atoms in total. The van der Waals surface area contributed by atoms with Gasteiger partial charge in [0.15, 0.2) is 10.3 Å². The van der Waals surface area contributed by atoms with E-state index in [0.717, 1.165) is 5.69 Å². The van der Waals surface area contributed by atoms with Gasteiger partial charge in [0, 0.05) is 0 Å². The molecule has 3 aromatic rings. The number of hydrogen-bond donors (Lipinski definition) is 1. The van der Waals surface area contributed by atoms with Crippen LogP contribution in [0.2, 0.25) is 0 Å². The lowest BCUT2D eigenvalue weighted by atomic mass is 10.3. The topological polar surface area (TPSA) is 80.6 Å². The number of nitrogens with zero attached hydrogens (tertiary/aromatic N) is 3. The summed E-state index contributed by atoms with van der Waals surface area (Å²) < 4.78 is 23.8. The second-order valence-corrected chi connectivity index (χ2v) is 4.47. The zero-order chi connectivity index (χ0) is 12.5. The van der Waals surface area contributed by atoms with E-state index >= 15 is 0 Å². The molecule has 0 spiro atoms. The maximum absolute atomic E-state index is 11.1. The third-order valence-corrected chi connectivity index (χ3v) is 3.21. The van der Waals surface area contributed by atoms with Crippen LogP contribution in [-0.4, -0.2) is 28.2 Å². The van der Waals surface area contributed by atoms with E-state index in [4.69, 9.17) is 0 Å². The lowest BCUT2D eigenvalue weighted by molar-refractivity contribution is 0.624. The highest BCUT2D eigenvalue weighted by atomic mass is 32.2. The molecule has 90 valence electrons. The van der Waals surface area contributed by atoms with Crippen molar-refractivity contribution in [1.82, 2.24) is 19.7 Å². The van der Waals surface area contributed by atoms with E-state index in [2.05, 4.69) is 15.1 Å². The number of aromatic nitrogens is 4. The zero-order valence-electron chi connectivity index (χ0n) is 9.11. The van der Waals surface area contributed by atoms with Crippen LogP contribution >= 0.6 is 0 Å². The van der Waals surface area contributed by atoms with Gasteiger partial charge in [0.1, 0.15) is 0 Å². The first kappa shape index (κ1) is 10.7. The highest BCUT2D eigenvalue weighted by Crippen LogP contribution is 2.15. The Kier molecular flexibility index (Phi) is 2.45. The Balaban J connectivity index is 2.43. The molecule has 1 N–H and O–H groups in total. The van der Waals surface area contributed by atoms with Crippen LogP contribution in [0.3, 0.4) is 0 Å². The van der Waals surface area contributed by atoms with Gasteiger partial charge in [-0.1, -0.05) is 18.2 Å². The molecule has 0 aliphatic carbocycles. The maximum atomic E-state index is 11.1. The highest BCUT2D eigenvalue weighted by Gasteiger charge is 2.07. The lowest BCUT2D eigenvalue weighted by Crippen LogP contribution is -1.97. The summed E-state index contributed by atoms with van der Waals surface area (Å²) in [6.07, 6.45) is 2.82. The molecule has 3 rings (SSSR count). The molecular weight excluding hydrogens is 252 g/mol. The number of rotatable bonds is 1. The SMILES string of the molecule is O=S(=O)=c1[nH]cnc2c1cnn2-c1ccccc1. The molecular formula is C11H8N4O2S. The lowest BCUT2D eigenvalue weighted by Gasteiger charge is -2.01. The number of benzene rings is 1. The van der Waals surface area contributed by atoms with Gasteiger partial charge in [0.25, 0.3) is 0 Å². The fraction of sp³-hybridized carbons (Fsp3) is 0. The molecule has 0 atom stereocenters. The minimum Gasteiger partial charge on any atom is -0.333 e. The summed E-state index contributed by atoms with van der Waals surface area (Å²) in [5.41, 5.74) is 1.33. The van der Waals surface area contributed by atoms with Gasteiger partial charge in [-0.05, 0) is 12.1 Å². The van der Waals surface area contributed by atoms with Crippen molar-refractivity contribution in [2.24, 2.45) is 0 Å². The van der Waals surface area contributed by atoms with Gasteiger partial charge >= 0.3 is 0 Å². The molecule has 0 saturated carbocycles.